The topological polar surface area (TPSA) is 94.5 Å². The number of aliphatic hydroxyl groups excluding tert-OH is 1. The predicted octanol–water partition coefficient (Wildman–Crippen LogP) is 1.48. The molecule has 0 saturated carbocycles. The first-order valence-electron chi connectivity index (χ1n) is 9.40. The zero-order chi connectivity index (χ0) is 20.7. The molecule has 10 heteroatoms. The van der Waals surface area contributed by atoms with E-state index in [1.54, 1.807) is 32.4 Å². The van der Waals surface area contributed by atoms with Crippen molar-refractivity contribution in [1.29, 1.82) is 0 Å². The monoisotopic (exact) mass is 419 g/mol. The molecule has 0 saturated heterocycles. The molecule has 0 amide bonds. The summed E-state index contributed by atoms with van der Waals surface area (Å²) in [6, 6.07) is 5.34. The van der Waals surface area contributed by atoms with Crippen molar-refractivity contribution < 1.29 is 9.84 Å². The first-order chi connectivity index (χ1) is 14.0. The van der Waals surface area contributed by atoms with Gasteiger partial charge in [-0.2, -0.15) is 4.98 Å². The largest absolute Gasteiger partial charge is 0.495 e. The predicted molar refractivity (Wildman–Crippen MR) is 111 cm³/mol. The van der Waals surface area contributed by atoms with Gasteiger partial charge in [0.05, 0.1) is 12.8 Å². The second-order valence-electron chi connectivity index (χ2n) is 6.93. The molecular formula is C19H22ClN5O4. The van der Waals surface area contributed by atoms with E-state index in [4.69, 9.17) is 21.4 Å². The van der Waals surface area contributed by atoms with E-state index in [0.29, 0.717) is 47.4 Å². The summed E-state index contributed by atoms with van der Waals surface area (Å²) in [6.45, 7) is 1.34. The van der Waals surface area contributed by atoms with Crippen molar-refractivity contribution in [2.45, 2.75) is 25.9 Å². The van der Waals surface area contributed by atoms with Gasteiger partial charge in [-0.15, -0.1) is 0 Å². The minimum absolute atomic E-state index is 0.0967. The van der Waals surface area contributed by atoms with Crippen molar-refractivity contribution in [2.24, 2.45) is 7.05 Å². The number of hydrogen-bond acceptors (Lipinski definition) is 6. The number of hydrogen-bond donors (Lipinski definition) is 1. The molecule has 0 unspecified atom stereocenters. The summed E-state index contributed by atoms with van der Waals surface area (Å²) in [7, 11) is 3.19. The van der Waals surface area contributed by atoms with Crippen molar-refractivity contribution in [1.82, 2.24) is 18.7 Å². The SMILES string of the molecule is COc1ccc(Cl)cc1N1CCCn2c1nc1c2c(=O)n(CCCO)c(=O)n1C. The maximum absolute atomic E-state index is 13.1. The second-order valence-corrected chi connectivity index (χ2v) is 7.37. The van der Waals surface area contributed by atoms with Crippen LogP contribution in [0.15, 0.2) is 27.8 Å². The number of ether oxygens (including phenoxy) is 1. The summed E-state index contributed by atoms with van der Waals surface area (Å²) in [6.07, 6.45) is 1.11. The molecule has 154 valence electrons. The van der Waals surface area contributed by atoms with Gasteiger partial charge in [0.15, 0.2) is 11.2 Å². The number of imidazole rings is 1. The Kier molecular flexibility index (Phi) is 5.10. The number of benzene rings is 1. The molecule has 1 aliphatic heterocycles. The molecule has 4 rings (SSSR count). The quantitative estimate of drug-likeness (QED) is 0.673. The molecule has 0 atom stereocenters. The lowest BCUT2D eigenvalue weighted by Gasteiger charge is -2.30. The molecular weight excluding hydrogens is 398 g/mol. The Labute approximate surface area is 171 Å². The third-order valence-electron chi connectivity index (χ3n) is 5.19. The summed E-state index contributed by atoms with van der Waals surface area (Å²) in [5.74, 6) is 1.21. The van der Waals surface area contributed by atoms with Crippen molar-refractivity contribution in [3.05, 3.63) is 44.1 Å². The number of aliphatic hydroxyl groups is 1. The fraction of sp³-hybridized carbons (Fsp3) is 0.421. The van der Waals surface area contributed by atoms with Crippen LogP contribution in [0.25, 0.3) is 11.2 Å². The lowest BCUT2D eigenvalue weighted by Crippen LogP contribution is -2.40. The van der Waals surface area contributed by atoms with Crippen LogP contribution in [-0.2, 0) is 20.1 Å². The van der Waals surface area contributed by atoms with Crippen LogP contribution in [0.3, 0.4) is 0 Å². The highest BCUT2D eigenvalue weighted by molar-refractivity contribution is 6.31. The standard InChI is InChI=1S/C19H22ClN5O4/c1-22-16-15(17(27)25(19(22)28)9-4-10-26)24-8-3-7-23(18(24)21-16)13-11-12(20)5-6-14(13)29-2/h5-6,11,26H,3-4,7-10H2,1-2H3. The van der Waals surface area contributed by atoms with Crippen molar-refractivity contribution in [3.63, 3.8) is 0 Å². The van der Waals surface area contributed by atoms with Gasteiger partial charge in [-0.05, 0) is 31.0 Å². The zero-order valence-corrected chi connectivity index (χ0v) is 17.0. The Morgan fingerprint density at radius 3 is 2.79 bits per heavy atom. The number of rotatable bonds is 5. The molecule has 0 bridgehead atoms. The number of aromatic nitrogens is 4. The summed E-state index contributed by atoms with van der Waals surface area (Å²) >= 11 is 6.21. The molecule has 0 radical (unpaired) electrons. The second kappa shape index (κ2) is 7.57. The molecule has 0 spiro atoms. The molecule has 0 fully saturated rings. The van der Waals surface area contributed by atoms with E-state index in [-0.39, 0.29) is 13.2 Å². The Bertz CT molecular complexity index is 1200. The van der Waals surface area contributed by atoms with Gasteiger partial charge in [-0.3, -0.25) is 13.9 Å². The smallest absolute Gasteiger partial charge is 0.332 e. The van der Waals surface area contributed by atoms with E-state index >= 15 is 0 Å². The average Bonchev–Trinajstić information content (AvgIpc) is 3.12. The van der Waals surface area contributed by atoms with E-state index < -0.39 is 11.2 Å². The van der Waals surface area contributed by atoms with Gasteiger partial charge >= 0.3 is 5.69 Å². The minimum Gasteiger partial charge on any atom is -0.495 e. The van der Waals surface area contributed by atoms with Gasteiger partial charge in [-0.1, -0.05) is 11.6 Å². The number of nitrogens with zero attached hydrogens (tertiary/aromatic N) is 5. The van der Waals surface area contributed by atoms with E-state index in [0.717, 1.165) is 16.7 Å². The molecule has 29 heavy (non-hydrogen) atoms. The van der Waals surface area contributed by atoms with Gasteiger partial charge < -0.3 is 19.3 Å². The Morgan fingerprint density at radius 2 is 2.07 bits per heavy atom. The molecule has 1 aromatic carbocycles. The van der Waals surface area contributed by atoms with Gasteiger partial charge in [0.1, 0.15) is 5.75 Å². The molecule has 3 aromatic rings. The van der Waals surface area contributed by atoms with Crippen LogP contribution in [0, 0.1) is 0 Å². The summed E-state index contributed by atoms with van der Waals surface area (Å²) in [5.41, 5.74) is 0.629. The zero-order valence-electron chi connectivity index (χ0n) is 16.3. The number of anilines is 2. The Hall–Kier alpha value is -2.78. The molecule has 2 aromatic heterocycles. The van der Waals surface area contributed by atoms with Gasteiger partial charge in [0.2, 0.25) is 5.95 Å². The summed E-state index contributed by atoms with van der Waals surface area (Å²) < 4.78 is 9.88. The van der Waals surface area contributed by atoms with E-state index in [9.17, 15) is 9.59 Å². The van der Waals surface area contributed by atoms with Crippen LogP contribution in [0.4, 0.5) is 11.6 Å². The molecule has 1 N–H and O–H groups in total. The normalized spacial score (nSPS) is 13.7. The average molecular weight is 420 g/mol. The van der Waals surface area contributed by atoms with Crippen LogP contribution >= 0.6 is 11.6 Å². The highest BCUT2D eigenvalue weighted by Gasteiger charge is 2.28. The minimum atomic E-state index is -0.446. The number of fused-ring (bicyclic) bond motifs is 3. The van der Waals surface area contributed by atoms with Crippen molar-refractivity contribution >= 4 is 34.4 Å². The fourth-order valence-electron chi connectivity index (χ4n) is 3.79. The highest BCUT2D eigenvalue weighted by atomic mass is 35.5. The highest BCUT2D eigenvalue weighted by Crippen LogP contribution is 2.38. The van der Waals surface area contributed by atoms with Crippen molar-refractivity contribution in [2.75, 3.05) is 25.2 Å². The van der Waals surface area contributed by atoms with E-state index in [1.165, 1.54) is 4.57 Å². The Balaban J connectivity index is 1.97. The van der Waals surface area contributed by atoms with Crippen LogP contribution in [0.5, 0.6) is 5.75 Å². The van der Waals surface area contributed by atoms with Crippen molar-refractivity contribution in [3.8, 4) is 5.75 Å². The van der Waals surface area contributed by atoms with Crippen LogP contribution in [-0.4, -0.2) is 44.1 Å². The van der Waals surface area contributed by atoms with Gasteiger partial charge in [0.25, 0.3) is 5.56 Å². The Morgan fingerprint density at radius 1 is 1.28 bits per heavy atom. The third kappa shape index (κ3) is 3.10. The number of halogens is 1. The molecule has 9 nitrogen and oxygen atoms in total. The van der Waals surface area contributed by atoms with E-state index in [1.807, 2.05) is 9.47 Å². The maximum atomic E-state index is 13.1. The first-order valence-corrected chi connectivity index (χ1v) is 9.77. The number of methoxy groups -OCH3 is 1. The maximum Gasteiger partial charge on any atom is 0.332 e. The fourth-order valence-corrected chi connectivity index (χ4v) is 3.96. The lowest BCUT2D eigenvalue weighted by atomic mass is 10.2. The molecule has 0 aliphatic carbocycles. The third-order valence-corrected chi connectivity index (χ3v) is 5.42. The summed E-state index contributed by atoms with van der Waals surface area (Å²) in [5, 5.41) is 9.67. The first kappa shape index (κ1) is 19.5. The summed E-state index contributed by atoms with van der Waals surface area (Å²) in [4.78, 5) is 32.4. The molecule has 3 heterocycles. The van der Waals surface area contributed by atoms with Crippen LogP contribution < -0.4 is 20.9 Å². The lowest BCUT2D eigenvalue weighted by molar-refractivity contribution is 0.277. The van der Waals surface area contributed by atoms with E-state index in [2.05, 4.69) is 4.98 Å². The van der Waals surface area contributed by atoms with Gasteiger partial charge in [0, 0.05) is 38.3 Å². The van der Waals surface area contributed by atoms with Gasteiger partial charge in [-0.25, -0.2) is 4.79 Å². The number of aryl methyl sites for hydroxylation is 2. The van der Waals surface area contributed by atoms with Crippen LogP contribution in [0.2, 0.25) is 5.02 Å². The molecule has 1 aliphatic rings. The van der Waals surface area contributed by atoms with Crippen LogP contribution in [0.1, 0.15) is 12.8 Å².